The number of benzene rings is 3. The standard InChI is InChI=1S/C17H15BFNO4.C17H16BNO4.C14H12BNO5S.CH4/c1-10(21)15-4-2-3-11-5-13(18(23)24-17(11)15)7-16(22)12-6-14(19)9-20-8-12;1-11(20)15-6-2-4-12-8-14(18(22)23-17(12)15)9-16(21)13-5-3-7-19-10-13;17-11(12-6-16-7-22-12)5-9-4-8-2-1-3-10(14(18)19)13(8)21-15(9)20;/h2-4,6,8-9,13,23H,5,7H2,1H3;2-7,10,14,20,22H,1,8-9H2;1-3,6-7,9,20H,4-5H2,(H,18,19);1H4/t13-;14-;9-;/m111./s1. The molecule has 0 unspecified atom stereocenters. The van der Waals surface area contributed by atoms with Gasteiger partial charge in [-0.25, -0.2) is 9.18 Å². The Balaban J connectivity index is 0.000000171. The number of fused-ring (bicyclic) bond motifs is 3. The number of aromatic carboxylic acids is 1. The first kappa shape index (κ1) is 52.1. The maximum absolute atomic E-state index is 13.2. The second kappa shape index (κ2) is 23.3. The van der Waals surface area contributed by atoms with Crippen LogP contribution < -0.4 is 14.0 Å². The van der Waals surface area contributed by atoms with Gasteiger partial charge in [-0.2, -0.15) is 0 Å². The lowest BCUT2D eigenvalue weighted by atomic mass is 9.64. The molecule has 3 aromatic heterocycles. The summed E-state index contributed by atoms with van der Waals surface area (Å²) in [6.45, 7) is 4.93. The summed E-state index contributed by atoms with van der Waals surface area (Å²) in [5.41, 5.74) is 5.43. The van der Waals surface area contributed by atoms with Crippen molar-refractivity contribution in [3.63, 3.8) is 0 Å². The van der Waals surface area contributed by atoms with Crippen molar-refractivity contribution in [2.75, 3.05) is 0 Å². The third-order valence-electron chi connectivity index (χ3n) is 11.6. The van der Waals surface area contributed by atoms with E-state index in [1.807, 2.05) is 6.07 Å². The fourth-order valence-electron chi connectivity index (χ4n) is 8.14. The Morgan fingerprint density at radius 2 is 1.13 bits per heavy atom. The highest BCUT2D eigenvalue weighted by molar-refractivity contribution is 7.11. The molecule has 0 spiro atoms. The van der Waals surface area contributed by atoms with Crippen molar-refractivity contribution in [1.82, 2.24) is 15.0 Å². The molecule has 0 aliphatic carbocycles. The number of aliphatic hydroxyl groups excluding tert-OH is 1. The van der Waals surface area contributed by atoms with Crippen LogP contribution >= 0.6 is 11.3 Å². The number of hydrogen-bond acceptors (Lipinski definition) is 16. The number of Topliss-reactive ketones (excluding diaryl/α,β-unsaturated/α-hetero) is 4. The van der Waals surface area contributed by atoms with Crippen molar-refractivity contribution < 1.29 is 67.6 Å². The molecule has 9 rings (SSSR count). The molecule has 0 saturated carbocycles. The summed E-state index contributed by atoms with van der Waals surface area (Å²) in [7, 11) is -3.52. The number of ketones is 4. The maximum Gasteiger partial charge on any atom is 0.526 e. The minimum absolute atomic E-state index is 0. The molecule has 0 saturated heterocycles. The molecule has 3 aliphatic heterocycles. The molecule has 16 nitrogen and oxygen atoms in total. The second-order valence-electron chi connectivity index (χ2n) is 16.5. The van der Waals surface area contributed by atoms with E-state index in [4.69, 9.17) is 19.1 Å². The van der Waals surface area contributed by atoms with Gasteiger partial charge in [0.1, 0.15) is 28.8 Å². The van der Waals surface area contributed by atoms with Gasteiger partial charge >= 0.3 is 27.3 Å². The minimum atomic E-state index is -1.21. The van der Waals surface area contributed by atoms with Gasteiger partial charge in [-0.1, -0.05) is 50.4 Å². The number of carboxylic acids is 1. The fraction of sp³-hybridized carbons (Fsp3) is 0.224. The van der Waals surface area contributed by atoms with Crippen LogP contribution in [0.4, 0.5) is 4.39 Å². The smallest absolute Gasteiger partial charge is 0.526 e. The Hall–Kier alpha value is -7.32. The van der Waals surface area contributed by atoms with Gasteiger partial charge in [0.25, 0.3) is 0 Å². The van der Waals surface area contributed by atoms with E-state index >= 15 is 0 Å². The van der Waals surface area contributed by atoms with Gasteiger partial charge in [-0.15, -0.1) is 11.3 Å². The molecular formula is C49H47B3FN3O13S. The van der Waals surface area contributed by atoms with Crippen molar-refractivity contribution in [1.29, 1.82) is 0 Å². The Labute approximate surface area is 407 Å². The second-order valence-corrected chi connectivity index (χ2v) is 17.4. The summed E-state index contributed by atoms with van der Waals surface area (Å²) in [5, 5.41) is 49.3. The average molecular weight is 969 g/mol. The van der Waals surface area contributed by atoms with Gasteiger partial charge in [0, 0.05) is 72.6 Å². The van der Waals surface area contributed by atoms with Crippen LogP contribution in [0.15, 0.2) is 116 Å². The van der Waals surface area contributed by atoms with Crippen molar-refractivity contribution in [3.05, 3.63) is 171 Å². The first-order valence-electron chi connectivity index (χ1n) is 21.6. The van der Waals surface area contributed by atoms with Crippen LogP contribution in [0, 0.1) is 5.82 Å². The van der Waals surface area contributed by atoms with Crippen molar-refractivity contribution in [2.45, 2.75) is 70.3 Å². The summed E-state index contributed by atoms with van der Waals surface area (Å²) >= 11 is 1.25. The van der Waals surface area contributed by atoms with Gasteiger partial charge in [0.2, 0.25) is 0 Å². The summed E-state index contributed by atoms with van der Waals surface area (Å²) in [4.78, 5) is 71.5. The summed E-state index contributed by atoms with van der Waals surface area (Å²) in [6.07, 6.45) is 8.50. The number of thiazole rings is 1. The number of carbonyl (C=O) groups excluding carboxylic acids is 4. The van der Waals surface area contributed by atoms with Crippen molar-refractivity contribution >= 4 is 67.6 Å². The Kier molecular flexibility index (Phi) is 17.3. The first-order valence-corrected chi connectivity index (χ1v) is 22.5. The van der Waals surface area contributed by atoms with Crippen LogP contribution in [-0.2, 0) is 19.3 Å². The van der Waals surface area contributed by atoms with Crippen LogP contribution in [-0.4, -0.2) is 90.7 Å². The Morgan fingerprint density at radius 1 is 0.643 bits per heavy atom. The molecule has 0 radical (unpaired) electrons. The van der Waals surface area contributed by atoms with Crippen molar-refractivity contribution in [2.24, 2.45) is 0 Å². The van der Waals surface area contributed by atoms with E-state index in [0.717, 1.165) is 23.4 Å². The molecule has 3 aromatic carbocycles. The topological polar surface area (TPSA) is 253 Å². The maximum atomic E-state index is 13.2. The van der Waals surface area contributed by atoms with E-state index in [9.17, 15) is 48.5 Å². The van der Waals surface area contributed by atoms with Gasteiger partial charge in [-0.3, -0.25) is 34.1 Å². The number of aliphatic hydroxyl groups is 1. The predicted molar refractivity (Wildman–Crippen MR) is 260 cm³/mol. The number of halogens is 1. The summed E-state index contributed by atoms with van der Waals surface area (Å²) < 4.78 is 29.6. The number of carbonyl (C=O) groups is 5. The third-order valence-corrected chi connectivity index (χ3v) is 12.5. The lowest BCUT2D eigenvalue weighted by Gasteiger charge is -2.28. The number of aromatic nitrogens is 3. The Morgan fingerprint density at radius 3 is 1.60 bits per heavy atom. The minimum Gasteiger partial charge on any atom is -0.535 e. The number of carboxylic acid groups (broad SMARTS) is 1. The summed E-state index contributed by atoms with van der Waals surface area (Å²) in [6, 6.07) is 19.8. The SMILES string of the molecule is C.C=C(O)c1cccc2c1OB(O)[C@@H](CC(=O)c1cccnc1)C2.CC(=O)c1cccc2c1OB(O)[C@@H](CC(=O)c1cncc(F)c1)C2.O=C(C[C@H]1Cc2cccc(C(=O)O)c2OB1O)c1cncs1. The highest BCUT2D eigenvalue weighted by atomic mass is 32.1. The van der Waals surface area contributed by atoms with E-state index in [-0.39, 0.29) is 78.3 Å². The lowest BCUT2D eigenvalue weighted by Crippen LogP contribution is -2.35. The zero-order chi connectivity index (χ0) is 49.4. The van der Waals surface area contributed by atoms with Crippen LogP contribution in [0.2, 0.25) is 17.5 Å². The average Bonchev–Trinajstić information content (AvgIpc) is 3.88. The van der Waals surface area contributed by atoms with Gasteiger partial charge < -0.3 is 39.2 Å². The van der Waals surface area contributed by atoms with Gasteiger partial charge in [0.05, 0.1) is 33.3 Å². The van der Waals surface area contributed by atoms with E-state index in [1.165, 1.54) is 42.9 Å². The fourth-order valence-corrected chi connectivity index (χ4v) is 8.71. The molecule has 5 N–H and O–H groups in total. The lowest BCUT2D eigenvalue weighted by molar-refractivity contribution is 0.0692. The van der Waals surface area contributed by atoms with Crippen LogP contribution in [0.25, 0.3) is 5.76 Å². The van der Waals surface area contributed by atoms with Crippen LogP contribution in [0.1, 0.15) is 107 Å². The predicted octanol–water partition coefficient (Wildman–Crippen LogP) is 7.69. The normalized spacial score (nSPS) is 16.2. The van der Waals surface area contributed by atoms with Crippen LogP contribution in [0.3, 0.4) is 0 Å². The number of rotatable bonds is 12. The van der Waals surface area contributed by atoms with Gasteiger partial charge in [0.15, 0.2) is 23.1 Å². The first-order chi connectivity index (χ1) is 33.1. The highest BCUT2D eigenvalue weighted by Crippen LogP contribution is 2.40. The molecule has 6 aromatic rings. The molecule has 21 heteroatoms. The van der Waals surface area contributed by atoms with Crippen LogP contribution in [0.5, 0.6) is 17.2 Å². The van der Waals surface area contributed by atoms with Crippen molar-refractivity contribution in [3.8, 4) is 17.2 Å². The molecule has 0 bridgehead atoms. The van der Waals surface area contributed by atoms with E-state index in [1.54, 1.807) is 66.3 Å². The zero-order valence-corrected chi connectivity index (χ0v) is 37.8. The molecule has 6 heterocycles. The molecule has 0 fully saturated rings. The highest BCUT2D eigenvalue weighted by Gasteiger charge is 2.40. The quantitative estimate of drug-likeness (QED) is 0.0448. The monoisotopic (exact) mass is 969 g/mol. The number of pyridine rings is 2. The number of hydrogen-bond donors (Lipinski definition) is 5. The van der Waals surface area contributed by atoms with Gasteiger partial charge in [-0.05, 0) is 79.3 Å². The molecular weight excluding hydrogens is 922 g/mol. The molecule has 0 amide bonds. The molecule has 358 valence electrons. The molecule has 70 heavy (non-hydrogen) atoms. The zero-order valence-electron chi connectivity index (χ0n) is 36.9. The van der Waals surface area contributed by atoms with E-state index in [0.29, 0.717) is 57.9 Å². The number of para-hydroxylation sites is 3. The van der Waals surface area contributed by atoms with E-state index in [2.05, 4.69) is 21.5 Å². The third kappa shape index (κ3) is 12.5. The number of nitrogens with zero attached hydrogens (tertiary/aromatic N) is 3. The molecule has 3 atom stereocenters. The Bertz CT molecular complexity index is 2890. The van der Waals surface area contributed by atoms with E-state index < -0.39 is 44.8 Å². The molecule has 3 aliphatic rings. The summed E-state index contributed by atoms with van der Waals surface area (Å²) in [5.74, 6) is -2.72. The largest absolute Gasteiger partial charge is 0.535 e.